The molecule has 6 heteroatoms. The average molecular weight is 394 g/mol. The maximum Gasteiger partial charge on any atom is 0.342 e. The number of carbonyl (C=O) groups excluding carboxylic acids is 2. The molecule has 2 N–H and O–H groups in total. The predicted molar refractivity (Wildman–Crippen MR) is 111 cm³/mol. The van der Waals surface area contributed by atoms with Gasteiger partial charge in [-0.05, 0) is 54.2 Å². The van der Waals surface area contributed by atoms with Crippen LogP contribution in [0.2, 0.25) is 0 Å². The van der Waals surface area contributed by atoms with E-state index in [0.717, 1.165) is 5.56 Å². The van der Waals surface area contributed by atoms with Gasteiger partial charge in [0.15, 0.2) is 6.10 Å². The Kier molecular flexibility index (Phi) is 7.00. The molecule has 0 aromatic heterocycles. The fraction of sp³-hybridized carbons (Fsp3) is 0.348. The highest BCUT2D eigenvalue weighted by molar-refractivity contribution is 5.98. The average Bonchev–Trinajstić information content (AvgIpc) is 2.67. The molecule has 0 aliphatic carbocycles. The minimum atomic E-state index is -1.09. The molecule has 152 valence electrons. The van der Waals surface area contributed by atoms with Crippen LogP contribution in [0.3, 0.4) is 0 Å². The van der Waals surface area contributed by atoms with Crippen LogP contribution < -0.4 is 5.32 Å². The zero-order valence-corrected chi connectivity index (χ0v) is 17.3. The van der Waals surface area contributed by atoms with Crippen LogP contribution in [0.4, 0.5) is 5.69 Å². The van der Waals surface area contributed by atoms with Crippen molar-refractivity contribution in [2.75, 3.05) is 5.32 Å². The predicted octanol–water partition coefficient (Wildman–Crippen LogP) is 4.69. The number of amides is 1. The molecule has 0 aliphatic heterocycles. The lowest BCUT2D eigenvalue weighted by molar-refractivity contribution is -0.123. The number of hydrogen-bond donors (Lipinski definition) is 2. The van der Waals surface area contributed by atoms with Gasteiger partial charge in [0.1, 0.15) is 11.3 Å². The van der Waals surface area contributed by atoms with E-state index in [0.29, 0.717) is 16.8 Å². The van der Waals surface area contributed by atoms with E-state index in [1.54, 1.807) is 24.3 Å². The van der Waals surface area contributed by atoms with E-state index in [1.165, 1.54) is 13.0 Å². The second-order valence-electron chi connectivity index (χ2n) is 7.55. The van der Waals surface area contributed by atoms with E-state index < -0.39 is 18.0 Å². The summed E-state index contributed by atoms with van der Waals surface area (Å²) in [7, 11) is 0. The summed E-state index contributed by atoms with van der Waals surface area (Å²) in [4.78, 5) is 25.1. The van der Waals surface area contributed by atoms with Crippen molar-refractivity contribution in [3.05, 3.63) is 58.7 Å². The molecule has 0 saturated heterocycles. The third-order valence-electron chi connectivity index (χ3n) is 4.58. The van der Waals surface area contributed by atoms with Crippen LogP contribution >= 0.6 is 0 Å². The van der Waals surface area contributed by atoms with Gasteiger partial charge in [-0.3, -0.25) is 4.79 Å². The lowest BCUT2D eigenvalue weighted by atomic mass is 9.92. The largest absolute Gasteiger partial charge is 0.507 e. The molecule has 0 aliphatic rings. The lowest BCUT2D eigenvalue weighted by Crippen LogP contribution is -2.30. The first kappa shape index (κ1) is 22.0. The second kappa shape index (κ2) is 9.24. The zero-order valence-electron chi connectivity index (χ0n) is 17.3. The Balaban J connectivity index is 2.20. The molecule has 29 heavy (non-hydrogen) atoms. The van der Waals surface area contributed by atoms with E-state index in [1.807, 2.05) is 39.8 Å². The van der Waals surface area contributed by atoms with Crippen LogP contribution in [-0.2, 0) is 9.53 Å². The van der Waals surface area contributed by atoms with Gasteiger partial charge < -0.3 is 15.2 Å². The number of hydrogen-bond acceptors (Lipinski definition) is 5. The van der Waals surface area contributed by atoms with Gasteiger partial charge in [0.2, 0.25) is 0 Å². The van der Waals surface area contributed by atoms with Crippen molar-refractivity contribution in [2.45, 2.75) is 52.6 Å². The van der Waals surface area contributed by atoms with E-state index >= 15 is 0 Å². The molecule has 2 aromatic rings. The van der Waals surface area contributed by atoms with Gasteiger partial charge in [-0.25, -0.2) is 4.79 Å². The molecule has 0 radical (unpaired) electrons. The van der Waals surface area contributed by atoms with Gasteiger partial charge in [0.05, 0.1) is 11.6 Å². The summed E-state index contributed by atoms with van der Waals surface area (Å²) in [6.45, 7) is 9.31. The van der Waals surface area contributed by atoms with Crippen LogP contribution in [0.1, 0.15) is 73.5 Å². The SMILES string of the molecule is CC(C)c1cc(C(=O)O[C@H](C)C(=O)Nc2cccc(C#N)c2)c(O)c(C(C)C)c1. The maximum absolute atomic E-state index is 12.7. The highest BCUT2D eigenvalue weighted by Gasteiger charge is 2.24. The molecular weight excluding hydrogens is 368 g/mol. The number of benzene rings is 2. The molecular formula is C23H26N2O4. The zero-order chi connectivity index (χ0) is 21.7. The first-order chi connectivity index (χ1) is 13.6. The summed E-state index contributed by atoms with van der Waals surface area (Å²) < 4.78 is 5.30. The smallest absolute Gasteiger partial charge is 0.342 e. The van der Waals surface area contributed by atoms with Crippen molar-refractivity contribution in [2.24, 2.45) is 0 Å². The number of nitrogens with one attached hydrogen (secondary N) is 1. The number of rotatable bonds is 6. The summed E-state index contributed by atoms with van der Waals surface area (Å²) >= 11 is 0. The Labute approximate surface area is 171 Å². The van der Waals surface area contributed by atoms with Crippen molar-refractivity contribution in [1.82, 2.24) is 0 Å². The molecule has 2 aromatic carbocycles. The highest BCUT2D eigenvalue weighted by atomic mass is 16.5. The van der Waals surface area contributed by atoms with Crippen molar-refractivity contribution < 1.29 is 19.4 Å². The van der Waals surface area contributed by atoms with Crippen LogP contribution in [0, 0.1) is 11.3 Å². The summed E-state index contributed by atoms with van der Waals surface area (Å²) in [5, 5.41) is 22.1. The standard InChI is InChI=1S/C23H26N2O4/c1-13(2)17-10-19(14(3)4)21(26)20(11-17)23(28)29-15(5)22(27)25-18-8-6-7-16(9-18)12-24/h6-11,13-15,26H,1-5H3,(H,25,27)/t15-/m1/s1. The fourth-order valence-electron chi connectivity index (χ4n) is 2.80. The number of esters is 1. The van der Waals surface area contributed by atoms with Gasteiger partial charge in [-0.15, -0.1) is 0 Å². The van der Waals surface area contributed by atoms with E-state index in [9.17, 15) is 14.7 Å². The fourth-order valence-corrected chi connectivity index (χ4v) is 2.80. The maximum atomic E-state index is 12.7. The number of ether oxygens (including phenoxy) is 1. The molecule has 1 atom stereocenters. The molecule has 0 spiro atoms. The Hall–Kier alpha value is -3.33. The van der Waals surface area contributed by atoms with Gasteiger partial charge >= 0.3 is 5.97 Å². The molecule has 2 rings (SSSR count). The first-order valence-corrected chi connectivity index (χ1v) is 9.52. The number of nitrogens with zero attached hydrogens (tertiary/aromatic N) is 1. The number of phenols is 1. The monoisotopic (exact) mass is 394 g/mol. The number of anilines is 1. The van der Waals surface area contributed by atoms with Crippen LogP contribution in [0.25, 0.3) is 0 Å². The Bertz CT molecular complexity index is 958. The van der Waals surface area contributed by atoms with Crippen LogP contribution in [0.15, 0.2) is 36.4 Å². The van der Waals surface area contributed by atoms with Crippen molar-refractivity contribution in [1.29, 1.82) is 5.26 Å². The lowest BCUT2D eigenvalue weighted by Gasteiger charge is -2.18. The Morgan fingerprint density at radius 1 is 1.07 bits per heavy atom. The number of carbonyl (C=O) groups is 2. The van der Waals surface area contributed by atoms with Crippen LogP contribution in [0.5, 0.6) is 5.75 Å². The second-order valence-corrected chi connectivity index (χ2v) is 7.55. The van der Waals surface area contributed by atoms with Gasteiger partial charge in [-0.1, -0.05) is 39.8 Å². The number of nitriles is 1. The third kappa shape index (κ3) is 5.35. The van der Waals surface area contributed by atoms with Crippen molar-refractivity contribution in [3.63, 3.8) is 0 Å². The summed E-state index contributed by atoms with van der Waals surface area (Å²) in [6.07, 6.45) is -1.09. The topological polar surface area (TPSA) is 99.4 Å². The summed E-state index contributed by atoms with van der Waals surface area (Å²) in [6, 6.07) is 11.9. The Morgan fingerprint density at radius 3 is 2.34 bits per heavy atom. The Morgan fingerprint density at radius 2 is 1.76 bits per heavy atom. The summed E-state index contributed by atoms with van der Waals surface area (Å²) in [5.74, 6) is -1.23. The van der Waals surface area contributed by atoms with E-state index in [2.05, 4.69) is 5.32 Å². The molecule has 0 bridgehead atoms. The minimum absolute atomic E-state index is 0.0217. The quantitative estimate of drug-likeness (QED) is 0.692. The first-order valence-electron chi connectivity index (χ1n) is 9.52. The number of aromatic hydroxyl groups is 1. The van der Waals surface area contributed by atoms with Crippen molar-refractivity contribution in [3.8, 4) is 11.8 Å². The summed E-state index contributed by atoms with van der Waals surface area (Å²) in [5.41, 5.74) is 2.45. The molecule has 6 nitrogen and oxygen atoms in total. The molecule has 1 amide bonds. The molecule has 0 saturated carbocycles. The van der Waals surface area contributed by atoms with Crippen molar-refractivity contribution >= 4 is 17.6 Å². The van der Waals surface area contributed by atoms with Gasteiger partial charge in [-0.2, -0.15) is 5.26 Å². The number of phenolic OH excluding ortho intramolecular Hbond substituents is 1. The van der Waals surface area contributed by atoms with E-state index in [-0.39, 0.29) is 23.1 Å². The van der Waals surface area contributed by atoms with E-state index in [4.69, 9.17) is 10.00 Å². The molecule has 0 fully saturated rings. The molecule has 0 heterocycles. The third-order valence-corrected chi connectivity index (χ3v) is 4.58. The minimum Gasteiger partial charge on any atom is -0.507 e. The molecule has 0 unspecified atom stereocenters. The highest BCUT2D eigenvalue weighted by Crippen LogP contribution is 2.33. The van der Waals surface area contributed by atoms with Crippen LogP contribution in [-0.4, -0.2) is 23.1 Å². The van der Waals surface area contributed by atoms with Gasteiger partial charge in [0.25, 0.3) is 5.91 Å². The van der Waals surface area contributed by atoms with Gasteiger partial charge in [0, 0.05) is 5.69 Å². The normalized spacial score (nSPS) is 11.8.